The van der Waals surface area contributed by atoms with Gasteiger partial charge in [-0.3, -0.25) is 0 Å². The Labute approximate surface area is 344 Å². The molecule has 3 nitrogen and oxygen atoms in total. The molecule has 3 heteroatoms. The highest BCUT2D eigenvalue weighted by atomic mass is 15.0. The number of nitrogens with zero attached hydrogens (tertiary/aromatic N) is 2. The molecule has 9 aromatic rings. The molecule has 0 fully saturated rings. The van der Waals surface area contributed by atoms with Gasteiger partial charge in [0.25, 0.3) is 0 Å². The molecular weight excluding hydrogens is 715 g/mol. The van der Waals surface area contributed by atoms with Crippen LogP contribution in [0.15, 0.2) is 229 Å². The summed E-state index contributed by atoms with van der Waals surface area (Å²) in [5.74, 6) is 0. The zero-order chi connectivity index (χ0) is 39.1. The Morgan fingerprint density at radius 3 is 1.20 bits per heavy atom. The van der Waals surface area contributed by atoms with E-state index in [2.05, 4.69) is 234 Å². The van der Waals surface area contributed by atoms with Crippen LogP contribution in [0.3, 0.4) is 0 Å². The SMILES string of the molecule is C1=CC2NC(c3ccc(-c4ccc(-c5ccccc5)cc4)cc3)=C(c3ccc(-c4ccc(-c5ccccc5)cc4)cc3)N=C2C=C1n1c2ccccc2c2ccccc21. The van der Waals surface area contributed by atoms with Crippen molar-refractivity contribution < 1.29 is 0 Å². The van der Waals surface area contributed by atoms with Crippen molar-refractivity contribution in [1.29, 1.82) is 0 Å². The number of para-hydroxylation sites is 2. The number of allylic oxidation sites excluding steroid dienone is 2. The molecule has 278 valence electrons. The Bertz CT molecular complexity index is 3060. The van der Waals surface area contributed by atoms with E-state index in [0.29, 0.717) is 0 Å². The van der Waals surface area contributed by atoms with Gasteiger partial charge in [-0.15, -0.1) is 0 Å². The van der Waals surface area contributed by atoms with Crippen molar-refractivity contribution in [3.05, 3.63) is 236 Å². The second-order valence-electron chi connectivity index (χ2n) is 15.2. The molecule has 1 N–H and O–H groups in total. The van der Waals surface area contributed by atoms with Crippen LogP contribution < -0.4 is 5.32 Å². The van der Waals surface area contributed by atoms with Gasteiger partial charge in [0, 0.05) is 22.0 Å². The van der Waals surface area contributed by atoms with E-state index in [-0.39, 0.29) is 6.04 Å². The summed E-state index contributed by atoms with van der Waals surface area (Å²) in [5.41, 5.74) is 18.1. The monoisotopic (exact) mass is 753 g/mol. The fourth-order valence-corrected chi connectivity index (χ4v) is 8.61. The number of aromatic nitrogens is 1. The van der Waals surface area contributed by atoms with Gasteiger partial charge in [0.2, 0.25) is 0 Å². The van der Waals surface area contributed by atoms with Crippen molar-refractivity contribution in [1.82, 2.24) is 9.88 Å². The Morgan fingerprint density at radius 2 is 0.746 bits per heavy atom. The average molecular weight is 754 g/mol. The van der Waals surface area contributed by atoms with Crippen molar-refractivity contribution in [3.8, 4) is 44.5 Å². The van der Waals surface area contributed by atoms with E-state index in [9.17, 15) is 0 Å². The standard InChI is InChI=1S/C56H39N3/c1-3-11-38(12-4-1)40-19-23-42(24-20-40)44-27-31-46(32-28-44)55-56(47-33-29-45(30-34-47)43-25-21-41(22-26-43)39-13-5-2-6-14-39)58-52-37-48(35-36-51(52)57-55)59-53-17-9-7-15-49(53)50-16-8-10-18-54(50)59/h1-37,51,57H. The summed E-state index contributed by atoms with van der Waals surface area (Å²) in [7, 11) is 0. The van der Waals surface area contributed by atoms with Crippen molar-refractivity contribution >= 4 is 44.6 Å². The van der Waals surface area contributed by atoms with Crippen LogP contribution in [0.1, 0.15) is 11.1 Å². The smallest absolute Gasteiger partial charge is 0.0944 e. The highest BCUT2D eigenvalue weighted by Gasteiger charge is 2.27. The lowest BCUT2D eigenvalue weighted by Crippen LogP contribution is -2.38. The molecule has 1 unspecified atom stereocenters. The Kier molecular flexibility index (Phi) is 8.56. The predicted octanol–water partition coefficient (Wildman–Crippen LogP) is 13.8. The summed E-state index contributed by atoms with van der Waals surface area (Å²) in [6.07, 6.45) is 6.73. The first-order valence-corrected chi connectivity index (χ1v) is 20.2. The van der Waals surface area contributed by atoms with Crippen LogP contribution in [0.2, 0.25) is 0 Å². The van der Waals surface area contributed by atoms with Crippen molar-refractivity contribution in [2.45, 2.75) is 6.04 Å². The normalized spacial score (nSPS) is 14.8. The largest absolute Gasteiger partial charge is 0.371 e. The number of nitrogens with one attached hydrogen (secondary N) is 1. The molecule has 0 amide bonds. The molecule has 1 aliphatic heterocycles. The lowest BCUT2D eigenvalue weighted by Gasteiger charge is -2.29. The Hall–Kier alpha value is -7.75. The minimum absolute atomic E-state index is 0.0711. The molecule has 0 saturated carbocycles. The van der Waals surface area contributed by atoms with E-state index in [1.807, 2.05) is 0 Å². The maximum atomic E-state index is 5.51. The molecule has 8 aromatic carbocycles. The van der Waals surface area contributed by atoms with E-state index >= 15 is 0 Å². The van der Waals surface area contributed by atoms with Crippen LogP contribution in [0.25, 0.3) is 83.4 Å². The van der Waals surface area contributed by atoms with Gasteiger partial charge in [0.1, 0.15) is 0 Å². The second-order valence-corrected chi connectivity index (χ2v) is 15.2. The summed E-state index contributed by atoms with van der Waals surface area (Å²) in [4.78, 5) is 5.51. The molecule has 0 spiro atoms. The molecule has 2 heterocycles. The molecule has 1 atom stereocenters. The topological polar surface area (TPSA) is 29.3 Å². The molecule has 59 heavy (non-hydrogen) atoms. The predicted molar refractivity (Wildman–Crippen MR) is 249 cm³/mol. The number of hydrogen-bond donors (Lipinski definition) is 1. The van der Waals surface area contributed by atoms with Gasteiger partial charge in [0.05, 0.1) is 34.2 Å². The Balaban J connectivity index is 0.976. The summed E-state index contributed by atoms with van der Waals surface area (Å²) < 4.78 is 2.36. The second kappa shape index (κ2) is 14.6. The maximum absolute atomic E-state index is 5.51. The lowest BCUT2D eigenvalue weighted by atomic mass is 9.94. The zero-order valence-electron chi connectivity index (χ0n) is 32.3. The molecular formula is C56H39N3. The maximum Gasteiger partial charge on any atom is 0.0944 e. The molecule has 0 bridgehead atoms. The van der Waals surface area contributed by atoms with Gasteiger partial charge in [-0.25, -0.2) is 4.99 Å². The van der Waals surface area contributed by atoms with Crippen molar-refractivity contribution in [2.24, 2.45) is 4.99 Å². The van der Waals surface area contributed by atoms with Crippen LogP contribution in [-0.2, 0) is 0 Å². The van der Waals surface area contributed by atoms with E-state index in [1.165, 1.54) is 66.3 Å². The van der Waals surface area contributed by atoms with Gasteiger partial charge in [-0.05, 0) is 74.4 Å². The first kappa shape index (κ1) is 34.5. The van der Waals surface area contributed by atoms with Gasteiger partial charge >= 0.3 is 0 Å². The summed E-state index contributed by atoms with van der Waals surface area (Å²) in [6.45, 7) is 0. The zero-order valence-corrected chi connectivity index (χ0v) is 32.3. The van der Waals surface area contributed by atoms with Gasteiger partial charge in [0.15, 0.2) is 0 Å². The fraction of sp³-hybridized carbons (Fsp3) is 0.0179. The Morgan fingerprint density at radius 1 is 0.373 bits per heavy atom. The fourth-order valence-electron chi connectivity index (χ4n) is 8.61. The molecule has 11 rings (SSSR count). The highest BCUT2D eigenvalue weighted by Crippen LogP contribution is 2.37. The number of hydrogen-bond acceptors (Lipinski definition) is 2. The van der Waals surface area contributed by atoms with E-state index in [1.54, 1.807) is 0 Å². The number of benzene rings is 8. The van der Waals surface area contributed by atoms with Crippen LogP contribution in [0, 0.1) is 0 Å². The van der Waals surface area contributed by atoms with Crippen LogP contribution in [0.4, 0.5) is 0 Å². The molecule has 1 aromatic heterocycles. The van der Waals surface area contributed by atoms with Gasteiger partial charge < -0.3 is 9.88 Å². The van der Waals surface area contributed by atoms with Crippen molar-refractivity contribution in [2.75, 3.05) is 0 Å². The third-order valence-electron chi connectivity index (χ3n) is 11.7. The third-order valence-corrected chi connectivity index (χ3v) is 11.7. The van der Waals surface area contributed by atoms with Crippen LogP contribution in [-0.4, -0.2) is 16.3 Å². The minimum Gasteiger partial charge on any atom is -0.371 e. The quantitative estimate of drug-likeness (QED) is 0.173. The molecule has 1 aliphatic carbocycles. The van der Waals surface area contributed by atoms with E-state index in [4.69, 9.17) is 4.99 Å². The van der Waals surface area contributed by atoms with E-state index in [0.717, 1.165) is 33.9 Å². The third kappa shape index (κ3) is 6.40. The number of aliphatic imine (C=N–C) groups is 1. The average Bonchev–Trinajstić information content (AvgIpc) is 3.66. The first-order chi connectivity index (χ1) is 29.2. The molecule has 0 radical (unpaired) electrons. The summed E-state index contributed by atoms with van der Waals surface area (Å²) in [5, 5.41) is 6.42. The highest BCUT2D eigenvalue weighted by molar-refractivity contribution is 6.16. The summed E-state index contributed by atoms with van der Waals surface area (Å²) in [6, 6.07) is 73.7. The lowest BCUT2D eigenvalue weighted by molar-refractivity contribution is 0.881. The molecule has 2 aliphatic rings. The molecule has 0 saturated heterocycles. The van der Waals surface area contributed by atoms with Crippen LogP contribution in [0.5, 0.6) is 0 Å². The van der Waals surface area contributed by atoms with Gasteiger partial charge in [-0.1, -0.05) is 200 Å². The van der Waals surface area contributed by atoms with Crippen LogP contribution >= 0.6 is 0 Å². The number of rotatable bonds is 7. The van der Waals surface area contributed by atoms with E-state index < -0.39 is 0 Å². The minimum atomic E-state index is -0.0711. The van der Waals surface area contributed by atoms with Gasteiger partial charge in [-0.2, -0.15) is 0 Å². The number of fused-ring (bicyclic) bond motifs is 4. The van der Waals surface area contributed by atoms with Crippen molar-refractivity contribution in [3.63, 3.8) is 0 Å². The summed E-state index contributed by atoms with van der Waals surface area (Å²) >= 11 is 0. The first-order valence-electron chi connectivity index (χ1n) is 20.2.